The molecule has 1 amide bonds. The number of ether oxygens (including phenoxy) is 1. The molecule has 17 heteroatoms. The van der Waals surface area contributed by atoms with Gasteiger partial charge in [0.2, 0.25) is 5.95 Å². The second-order valence-corrected chi connectivity index (χ2v) is 12.9. The smallest absolute Gasteiger partial charge is 0.421 e. The van der Waals surface area contributed by atoms with Gasteiger partial charge >= 0.3 is 13.8 Å². The van der Waals surface area contributed by atoms with Gasteiger partial charge in [-0.05, 0) is 47.7 Å². The Labute approximate surface area is 260 Å². The number of nitrogens with one attached hydrogen (secondary N) is 2. The number of carbonyl (C=O) groups is 1. The van der Waals surface area contributed by atoms with Crippen LogP contribution in [0, 0.1) is 0 Å². The van der Waals surface area contributed by atoms with Crippen LogP contribution in [-0.4, -0.2) is 65.7 Å². The Morgan fingerprint density at radius 1 is 1.11 bits per heavy atom. The maximum absolute atomic E-state index is 14.1. The van der Waals surface area contributed by atoms with Crippen LogP contribution < -0.4 is 15.4 Å². The highest BCUT2D eigenvalue weighted by atomic mass is 31.2. The highest BCUT2D eigenvalue weighted by Gasteiger charge is 2.37. The summed E-state index contributed by atoms with van der Waals surface area (Å²) < 4.78 is 60.8. The van der Waals surface area contributed by atoms with Crippen molar-refractivity contribution in [1.29, 1.82) is 0 Å². The van der Waals surface area contributed by atoms with Gasteiger partial charge in [0, 0.05) is 31.5 Å². The van der Waals surface area contributed by atoms with Crippen LogP contribution in [0.25, 0.3) is 11.1 Å². The van der Waals surface area contributed by atoms with Crippen molar-refractivity contribution in [2.45, 2.75) is 43.9 Å². The number of benzene rings is 2. The molecule has 46 heavy (non-hydrogen) atoms. The van der Waals surface area contributed by atoms with Crippen LogP contribution in [0.4, 0.5) is 36.3 Å². The highest BCUT2D eigenvalue weighted by molar-refractivity contribution is 7.50. The fourth-order valence-electron chi connectivity index (χ4n) is 5.55. The van der Waals surface area contributed by atoms with Crippen molar-refractivity contribution in [2.75, 3.05) is 24.8 Å². The lowest BCUT2D eigenvalue weighted by molar-refractivity contribution is -0.137. The van der Waals surface area contributed by atoms with Gasteiger partial charge in [-0.3, -0.25) is 14.0 Å². The summed E-state index contributed by atoms with van der Waals surface area (Å²) in [5, 5.41) is 19.6. The first-order valence-corrected chi connectivity index (χ1v) is 15.8. The SMILES string of the molecule is COc1cc(CP(=O)(O)O)ccc1Nc1ncc(C(F)(F)F)c(Nc2ccc(-c3cnn(C4CC(O)C4)c3)c3c2C(=O)N(C)C3)n1. The van der Waals surface area contributed by atoms with E-state index in [1.165, 1.54) is 36.3 Å². The lowest BCUT2D eigenvalue weighted by Gasteiger charge is -2.31. The van der Waals surface area contributed by atoms with Crippen molar-refractivity contribution in [1.82, 2.24) is 24.6 Å². The van der Waals surface area contributed by atoms with E-state index in [4.69, 9.17) is 4.74 Å². The number of aliphatic hydroxyl groups excluding tert-OH is 1. The molecule has 3 heterocycles. The van der Waals surface area contributed by atoms with E-state index in [0.717, 1.165) is 5.56 Å². The van der Waals surface area contributed by atoms with Crippen molar-refractivity contribution >= 4 is 36.6 Å². The Balaban J connectivity index is 1.34. The number of anilines is 4. The Morgan fingerprint density at radius 3 is 2.52 bits per heavy atom. The lowest BCUT2D eigenvalue weighted by atomic mass is 9.90. The van der Waals surface area contributed by atoms with Crippen LogP contribution >= 0.6 is 7.60 Å². The molecule has 13 nitrogen and oxygen atoms in total. The van der Waals surface area contributed by atoms with E-state index in [0.29, 0.717) is 30.2 Å². The Bertz CT molecular complexity index is 1870. The normalized spacial score (nSPS) is 17.9. The van der Waals surface area contributed by atoms with Crippen LogP contribution in [0.1, 0.15) is 45.9 Å². The van der Waals surface area contributed by atoms with E-state index in [2.05, 4.69) is 25.7 Å². The summed E-state index contributed by atoms with van der Waals surface area (Å²) in [6.07, 6.45) is -0.437. The number of amides is 1. The quantitative estimate of drug-likeness (QED) is 0.156. The molecular weight excluding hydrogens is 630 g/mol. The Morgan fingerprint density at radius 2 is 1.85 bits per heavy atom. The van der Waals surface area contributed by atoms with Crippen molar-refractivity contribution in [3.8, 4) is 16.9 Å². The molecule has 1 saturated carbocycles. The first-order chi connectivity index (χ1) is 21.7. The van der Waals surface area contributed by atoms with Gasteiger partial charge < -0.3 is 35.2 Å². The van der Waals surface area contributed by atoms with Gasteiger partial charge in [0.15, 0.2) is 0 Å². The number of fused-ring (bicyclic) bond motifs is 1. The highest BCUT2D eigenvalue weighted by Crippen LogP contribution is 2.43. The third-order valence-corrected chi connectivity index (χ3v) is 8.67. The van der Waals surface area contributed by atoms with Crippen LogP contribution in [0.3, 0.4) is 0 Å². The number of aromatic nitrogens is 4. The third-order valence-electron chi connectivity index (χ3n) is 7.89. The van der Waals surface area contributed by atoms with Crippen molar-refractivity contribution in [3.63, 3.8) is 0 Å². The molecule has 0 bridgehead atoms. The molecule has 1 aliphatic heterocycles. The van der Waals surface area contributed by atoms with Gasteiger partial charge in [0.1, 0.15) is 17.1 Å². The van der Waals surface area contributed by atoms with Gasteiger partial charge in [-0.1, -0.05) is 12.1 Å². The van der Waals surface area contributed by atoms with Gasteiger partial charge in [0.25, 0.3) is 5.91 Å². The summed E-state index contributed by atoms with van der Waals surface area (Å²) in [5.41, 5.74) is 1.74. The second-order valence-electron chi connectivity index (χ2n) is 11.2. The monoisotopic (exact) mass is 659 g/mol. The summed E-state index contributed by atoms with van der Waals surface area (Å²) in [7, 11) is -1.43. The molecule has 0 radical (unpaired) electrons. The van der Waals surface area contributed by atoms with Crippen molar-refractivity contribution in [2.24, 2.45) is 0 Å². The fourth-order valence-corrected chi connectivity index (χ4v) is 6.22. The number of hydrogen-bond acceptors (Lipinski definition) is 9. The number of methoxy groups -OCH3 is 1. The third kappa shape index (κ3) is 6.29. The molecule has 2 aromatic heterocycles. The molecule has 0 saturated heterocycles. The first kappa shape index (κ1) is 31.5. The largest absolute Gasteiger partial charge is 0.495 e. The number of nitrogens with zero attached hydrogens (tertiary/aromatic N) is 5. The molecule has 242 valence electrons. The zero-order valence-corrected chi connectivity index (χ0v) is 25.4. The molecule has 5 N–H and O–H groups in total. The molecular formula is C29H29F3N7O6P. The molecule has 4 aromatic rings. The summed E-state index contributed by atoms with van der Waals surface area (Å²) in [6.45, 7) is 0.229. The van der Waals surface area contributed by atoms with Crippen LogP contribution in [0.15, 0.2) is 48.9 Å². The van der Waals surface area contributed by atoms with Crippen LogP contribution in [0.2, 0.25) is 0 Å². The molecule has 0 atom stereocenters. The molecule has 2 aliphatic rings. The average molecular weight is 660 g/mol. The van der Waals surface area contributed by atoms with Gasteiger partial charge in [-0.2, -0.15) is 23.3 Å². The Hall–Kier alpha value is -4.50. The molecule has 1 fully saturated rings. The molecule has 6 rings (SSSR count). The number of carbonyl (C=O) groups excluding carboxylic acids is 1. The summed E-state index contributed by atoms with van der Waals surface area (Å²) in [6, 6.07) is 7.56. The van der Waals surface area contributed by atoms with Gasteiger partial charge in [-0.15, -0.1) is 0 Å². The number of halogens is 3. The average Bonchev–Trinajstić information content (AvgIpc) is 3.55. The first-order valence-electron chi connectivity index (χ1n) is 14.0. The van der Waals surface area contributed by atoms with E-state index in [1.807, 2.05) is 6.20 Å². The predicted molar refractivity (Wildman–Crippen MR) is 160 cm³/mol. The number of alkyl halides is 3. The zero-order valence-electron chi connectivity index (χ0n) is 24.5. The fraction of sp³-hybridized carbons (Fsp3) is 0.310. The standard InChI is InChI=1S/C29H29F3N7O6P/c1-38-13-20-19(16-10-34-39(12-16)17-8-18(40)9-17)4-6-23(25(20)27(38)41)35-26-21(29(30,31)32)11-33-28(37-26)36-22-5-3-15(7-24(22)45-2)14-46(42,43)44/h3-7,10-12,17-18,40H,8-9,13-14H2,1-2H3,(H2,42,43,44)(H2,33,35,36,37). The Kier molecular flexibility index (Phi) is 8.01. The van der Waals surface area contributed by atoms with Crippen LogP contribution in [0.5, 0.6) is 5.75 Å². The topological polar surface area (TPSA) is 175 Å². The minimum absolute atomic E-state index is 0.0704. The lowest BCUT2D eigenvalue weighted by Crippen LogP contribution is -2.30. The second kappa shape index (κ2) is 11.7. The minimum Gasteiger partial charge on any atom is -0.495 e. The molecule has 1 aliphatic carbocycles. The summed E-state index contributed by atoms with van der Waals surface area (Å²) in [5.74, 6) is -1.06. The number of rotatable bonds is 9. The zero-order chi connectivity index (χ0) is 33.0. The van der Waals surface area contributed by atoms with E-state index >= 15 is 0 Å². The number of hydrogen-bond donors (Lipinski definition) is 5. The van der Waals surface area contributed by atoms with Crippen molar-refractivity contribution in [3.05, 3.63) is 71.2 Å². The summed E-state index contributed by atoms with van der Waals surface area (Å²) >= 11 is 0. The molecule has 0 spiro atoms. The van der Waals surface area contributed by atoms with E-state index in [-0.39, 0.29) is 58.8 Å². The summed E-state index contributed by atoms with van der Waals surface area (Å²) in [4.78, 5) is 41.2. The van der Waals surface area contributed by atoms with Gasteiger partial charge in [-0.25, -0.2) is 4.98 Å². The van der Waals surface area contributed by atoms with Crippen molar-refractivity contribution < 1.29 is 42.2 Å². The maximum Gasteiger partial charge on any atom is 0.421 e. The minimum atomic E-state index is -4.84. The van der Waals surface area contributed by atoms with Gasteiger partial charge in [0.05, 0.1) is 48.6 Å². The molecule has 2 aromatic carbocycles. The molecule has 0 unspecified atom stereocenters. The van der Waals surface area contributed by atoms with E-state index < -0.39 is 31.3 Å². The van der Waals surface area contributed by atoms with Crippen LogP contribution in [-0.2, 0) is 23.4 Å². The maximum atomic E-state index is 14.1. The predicted octanol–water partition coefficient (Wildman–Crippen LogP) is 4.81. The van der Waals surface area contributed by atoms with E-state index in [1.54, 1.807) is 24.0 Å². The number of aliphatic hydroxyl groups is 1. The van der Waals surface area contributed by atoms with E-state index in [9.17, 15) is 37.4 Å².